The Labute approximate surface area is 174 Å². The average molecular weight is 423 g/mol. The fourth-order valence-corrected chi connectivity index (χ4v) is 2.52. The Morgan fingerprint density at radius 1 is 1.00 bits per heavy atom. The quantitative estimate of drug-likeness (QED) is 0.293. The van der Waals surface area contributed by atoms with Crippen LogP contribution in [0.1, 0.15) is 12.5 Å². The fourth-order valence-electron chi connectivity index (χ4n) is 2.52. The van der Waals surface area contributed by atoms with Crippen molar-refractivity contribution in [3.8, 4) is 17.2 Å². The first-order valence-electron chi connectivity index (χ1n) is 9.58. The third-order valence-corrected chi connectivity index (χ3v) is 3.89. The van der Waals surface area contributed by atoms with Crippen LogP contribution in [0.15, 0.2) is 41.4 Å². The van der Waals surface area contributed by atoms with Gasteiger partial charge in [0.05, 0.1) is 26.8 Å². The lowest BCUT2D eigenvalue weighted by molar-refractivity contribution is 0.196. The van der Waals surface area contributed by atoms with Gasteiger partial charge in [-0.25, -0.2) is 13.8 Å². The third kappa shape index (κ3) is 7.40. The van der Waals surface area contributed by atoms with Crippen molar-refractivity contribution in [1.82, 2.24) is 10.6 Å². The van der Waals surface area contributed by atoms with Gasteiger partial charge in [-0.1, -0.05) is 6.07 Å². The molecule has 30 heavy (non-hydrogen) atoms. The summed E-state index contributed by atoms with van der Waals surface area (Å²) in [5, 5.41) is 15.1. The molecule has 0 unspecified atom stereocenters. The van der Waals surface area contributed by atoms with Gasteiger partial charge in [-0.05, 0) is 36.8 Å². The number of nitrogens with one attached hydrogen (secondary N) is 2. The SMILES string of the molecule is CCNC(=NCc1ccc(OCCO)c(OC)c1)NCCOc1ccc(F)cc1F. The largest absolute Gasteiger partial charge is 0.493 e. The molecule has 0 saturated carbocycles. The lowest BCUT2D eigenvalue weighted by atomic mass is 10.2. The molecule has 0 aromatic heterocycles. The summed E-state index contributed by atoms with van der Waals surface area (Å²) in [6.07, 6.45) is 0. The Balaban J connectivity index is 1.90. The molecule has 0 amide bonds. The number of aliphatic hydroxyl groups is 1. The van der Waals surface area contributed by atoms with Crippen molar-refractivity contribution in [1.29, 1.82) is 0 Å². The molecule has 9 heteroatoms. The molecule has 0 bridgehead atoms. The number of ether oxygens (including phenoxy) is 3. The van der Waals surface area contributed by atoms with Gasteiger partial charge in [0.15, 0.2) is 29.0 Å². The lowest BCUT2D eigenvalue weighted by Crippen LogP contribution is -2.39. The van der Waals surface area contributed by atoms with E-state index in [1.807, 2.05) is 19.1 Å². The number of aliphatic hydroxyl groups excluding tert-OH is 1. The lowest BCUT2D eigenvalue weighted by Gasteiger charge is -2.13. The first-order valence-corrected chi connectivity index (χ1v) is 9.58. The Morgan fingerprint density at radius 2 is 1.77 bits per heavy atom. The number of aliphatic imine (C=N–C) groups is 1. The van der Waals surface area contributed by atoms with Gasteiger partial charge in [0, 0.05) is 12.6 Å². The number of benzene rings is 2. The van der Waals surface area contributed by atoms with E-state index in [1.165, 1.54) is 6.07 Å². The van der Waals surface area contributed by atoms with Crippen molar-refractivity contribution in [3.63, 3.8) is 0 Å². The first kappa shape index (κ1) is 23.2. The summed E-state index contributed by atoms with van der Waals surface area (Å²) in [6, 6.07) is 8.63. The van der Waals surface area contributed by atoms with Gasteiger partial charge in [0.25, 0.3) is 0 Å². The minimum atomic E-state index is -0.740. The number of guanidine groups is 1. The van der Waals surface area contributed by atoms with Gasteiger partial charge in [-0.15, -0.1) is 0 Å². The molecule has 2 aromatic carbocycles. The molecule has 164 valence electrons. The van der Waals surface area contributed by atoms with E-state index in [4.69, 9.17) is 19.3 Å². The van der Waals surface area contributed by atoms with Crippen LogP contribution in [0.2, 0.25) is 0 Å². The van der Waals surface area contributed by atoms with E-state index in [9.17, 15) is 8.78 Å². The molecule has 0 aliphatic rings. The number of methoxy groups -OCH3 is 1. The number of nitrogens with zero attached hydrogens (tertiary/aromatic N) is 1. The van der Waals surface area contributed by atoms with Crippen LogP contribution in [-0.4, -0.2) is 51.1 Å². The molecule has 0 aliphatic heterocycles. The molecule has 7 nitrogen and oxygen atoms in total. The van der Waals surface area contributed by atoms with E-state index >= 15 is 0 Å². The summed E-state index contributed by atoms with van der Waals surface area (Å²) < 4.78 is 42.5. The summed E-state index contributed by atoms with van der Waals surface area (Å²) >= 11 is 0. The minimum absolute atomic E-state index is 0.00394. The Morgan fingerprint density at radius 3 is 2.47 bits per heavy atom. The molecule has 0 spiro atoms. The zero-order chi connectivity index (χ0) is 21.8. The molecule has 0 heterocycles. The van der Waals surface area contributed by atoms with Crippen LogP contribution in [0.25, 0.3) is 0 Å². The smallest absolute Gasteiger partial charge is 0.191 e. The molecular weight excluding hydrogens is 396 g/mol. The molecule has 2 aromatic rings. The summed E-state index contributed by atoms with van der Waals surface area (Å²) in [5.41, 5.74) is 0.907. The zero-order valence-electron chi connectivity index (χ0n) is 17.1. The molecule has 0 atom stereocenters. The maximum atomic E-state index is 13.6. The topological polar surface area (TPSA) is 84.3 Å². The second-order valence-corrected chi connectivity index (χ2v) is 6.10. The summed E-state index contributed by atoms with van der Waals surface area (Å²) in [4.78, 5) is 4.50. The molecule has 3 N–H and O–H groups in total. The van der Waals surface area contributed by atoms with Crippen molar-refractivity contribution in [2.75, 3.05) is 40.0 Å². The summed E-state index contributed by atoms with van der Waals surface area (Å²) in [5.74, 6) is 0.286. The number of rotatable bonds is 11. The van der Waals surface area contributed by atoms with E-state index in [-0.39, 0.29) is 25.6 Å². The molecular formula is C21H27F2N3O4. The predicted octanol–water partition coefficient (Wildman–Crippen LogP) is 2.48. The van der Waals surface area contributed by atoms with Crippen molar-refractivity contribution >= 4 is 5.96 Å². The molecule has 0 radical (unpaired) electrons. The van der Waals surface area contributed by atoms with Gasteiger partial charge in [0.2, 0.25) is 0 Å². The van der Waals surface area contributed by atoms with Crippen LogP contribution in [0.3, 0.4) is 0 Å². The van der Waals surface area contributed by atoms with Crippen LogP contribution >= 0.6 is 0 Å². The summed E-state index contributed by atoms with van der Waals surface area (Å²) in [6.45, 7) is 3.65. The summed E-state index contributed by atoms with van der Waals surface area (Å²) in [7, 11) is 1.55. The van der Waals surface area contributed by atoms with E-state index < -0.39 is 11.6 Å². The normalized spacial score (nSPS) is 11.2. The van der Waals surface area contributed by atoms with Gasteiger partial charge < -0.3 is 30.0 Å². The van der Waals surface area contributed by atoms with E-state index in [0.717, 1.165) is 17.7 Å². The van der Waals surface area contributed by atoms with Crippen molar-refractivity contribution < 1.29 is 28.1 Å². The highest BCUT2D eigenvalue weighted by atomic mass is 19.1. The van der Waals surface area contributed by atoms with Crippen LogP contribution in [0.5, 0.6) is 17.2 Å². The standard InChI is InChI=1S/C21H27F2N3O4/c1-3-24-21(25-8-10-29-18-7-5-16(22)13-17(18)23)26-14-15-4-6-19(30-11-9-27)20(12-15)28-2/h4-7,12-13,27H,3,8-11,14H2,1-2H3,(H2,24,25,26). The van der Waals surface area contributed by atoms with E-state index in [2.05, 4.69) is 15.6 Å². The highest BCUT2D eigenvalue weighted by Gasteiger charge is 2.07. The van der Waals surface area contributed by atoms with Gasteiger partial charge in [-0.2, -0.15) is 0 Å². The van der Waals surface area contributed by atoms with E-state index in [0.29, 0.717) is 37.1 Å². The monoisotopic (exact) mass is 423 g/mol. The molecule has 0 aliphatic carbocycles. The molecule has 2 rings (SSSR count). The number of hydrogen-bond donors (Lipinski definition) is 3. The van der Waals surface area contributed by atoms with Crippen molar-refractivity contribution in [2.45, 2.75) is 13.5 Å². The highest BCUT2D eigenvalue weighted by molar-refractivity contribution is 5.79. The van der Waals surface area contributed by atoms with E-state index in [1.54, 1.807) is 13.2 Å². The van der Waals surface area contributed by atoms with Gasteiger partial charge in [0.1, 0.15) is 19.0 Å². The van der Waals surface area contributed by atoms with Gasteiger partial charge in [-0.3, -0.25) is 0 Å². The first-order chi connectivity index (χ1) is 14.6. The second kappa shape index (κ2) is 12.5. The Kier molecular flexibility index (Phi) is 9.66. The number of halogens is 2. The van der Waals surface area contributed by atoms with Gasteiger partial charge >= 0.3 is 0 Å². The Hall–Kier alpha value is -3.07. The molecule has 0 fully saturated rings. The second-order valence-electron chi connectivity index (χ2n) is 6.10. The predicted molar refractivity (Wildman–Crippen MR) is 110 cm³/mol. The molecule has 0 saturated heterocycles. The maximum Gasteiger partial charge on any atom is 0.191 e. The number of hydrogen-bond acceptors (Lipinski definition) is 5. The van der Waals surface area contributed by atoms with Crippen molar-refractivity contribution in [2.24, 2.45) is 4.99 Å². The third-order valence-electron chi connectivity index (χ3n) is 3.89. The van der Waals surface area contributed by atoms with Crippen LogP contribution in [-0.2, 0) is 6.54 Å². The average Bonchev–Trinajstić information content (AvgIpc) is 2.74. The van der Waals surface area contributed by atoms with Crippen LogP contribution in [0, 0.1) is 11.6 Å². The van der Waals surface area contributed by atoms with Crippen molar-refractivity contribution in [3.05, 3.63) is 53.6 Å². The highest BCUT2D eigenvalue weighted by Crippen LogP contribution is 2.28. The van der Waals surface area contributed by atoms with Crippen LogP contribution in [0.4, 0.5) is 8.78 Å². The maximum absolute atomic E-state index is 13.6. The zero-order valence-corrected chi connectivity index (χ0v) is 17.1. The minimum Gasteiger partial charge on any atom is -0.493 e. The fraction of sp³-hybridized carbons (Fsp3) is 0.381. The van der Waals surface area contributed by atoms with Crippen LogP contribution < -0.4 is 24.8 Å². The Bertz CT molecular complexity index is 834.